The number of ether oxygens (including phenoxy) is 2. The largest absolute Gasteiger partial charge is 0.493 e. The maximum Gasteiger partial charge on any atom is 0.315 e. The van der Waals surface area contributed by atoms with Crippen molar-refractivity contribution < 1.29 is 14.3 Å². The van der Waals surface area contributed by atoms with Gasteiger partial charge in [0.1, 0.15) is 11.5 Å². The third kappa shape index (κ3) is 2.54. The van der Waals surface area contributed by atoms with E-state index in [1.807, 2.05) is 12.1 Å². The quantitative estimate of drug-likeness (QED) is 0.435. The molecule has 1 aromatic rings. The van der Waals surface area contributed by atoms with Crippen molar-refractivity contribution in [1.82, 2.24) is 0 Å². The molecule has 1 heterocycles. The van der Waals surface area contributed by atoms with Gasteiger partial charge < -0.3 is 9.47 Å². The number of hydrogen-bond donors (Lipinski definition) is 0. The molecule has 16 heavy (non-hydrogen) atoms. The summed E-state index contributed by atoms with van der Waals surface area (Å²) >= 11 is 0. The monoisotopic (exact) mass is 220 g/mol. The molecule has 1 aliphatic rings. The first-order chi connectivity index (χ1) is 7.79. The first kappa shape index (κ1) is 11.0. The molecule has 0 spiro atoms. The Morgan fingerprint density at radius 3 is 3.06 bits per heavy atom. The summed E-state index contributed by atoms with van der Waals surface area (Å²) in [6, 6.07) is 5.59. The van der Waals surface area contributed by atoms with Crippen molar-refractivity contribution in [3.05, 3.63) is 23.8 Å². The van der Waals surface area contributed by atoms with Crippen molar-refractivity contribution in [3.63, 3.8) is 0 Å². The van der Waals surface area contributed by atoms with E-state index < -0.39 is 0 Å². The number of unbranched alkanes of at least 4 members (excludes halogenated alkanes) is 2. The van der Waals surface area contributed by atoms with Gasteiger partial charge >= 0.3 is 5.97 Å². The van der Waals surface area contributed by atoms with Crippen LogP contribution in [0.5, 0.6) is 11.5 Å². The zero-order valence-electron chi connectivity index (χ0n) is 9.49. The van der Waals surface area contributed by atoms with E-state index in [0.717, 1.165) is 24.3 Å². The minimum Gasteiger partial charge on any atom is -0.493 e. The van der Waals surface area contributed by atoms with E-state index in [-0.39, 0.29) is 5.97 Å². The Morgan fingerprint density at radius 1 is 1.38 bits per heavy atom. The van der Waals surface area contributed by atoms with Crippen LogP contribution in [0.2, 0.25) is 0 Å². The van der Waals surface area contributed by atoms with Crippen molar-refractivity contribution in [1.29, 1.82) is 0 Å². The lowest BCUT2D eigenvalue weighted by molar-refractivity contribution is -0.131. The van der Waals surface area contributed by atoms with Crippen LogP contribution < -0.4 is 9.47 Å². The predicted octanol–water partition coefficient (Wildman–Crippen LogP) is 2.72. The average Bonchev–Trinajstić information content (AvgIpc) is 2.64. The number of benzene rings is 1. The van der Waals surface area contributed by atoms with Gasteiger partial charge in [-0.15, -0.1) is 0 Å². The summed E-state index contributed by atoms with van der Waals surface area (Å²) in [6.45, 7) is 2.88. The maximum absolute atomic E-state index is 11.0. The van der Waals surface area contributed by atoms with Gasteiger partial charge in [-0.1, -0.05) is 25.8 Å². The summed E-state index contributed by atoms with van der Waals surface area (Å²) in [4.78, 5) is 11.0. The van der Waals surface area contributed by atoms with Gasteiger partial charge in [-0.25, -0.2) is 0 Å². The lowest BCUT2D eigenvalue weighted by Gasteiger charge is -2.06. The van der Waals surface area contributed by atoms with Crippen LogP contribution in [0.1, 0.15) is 31.7 Å². The van der Waals surface area contributed by atoms with Gasteiger partial charge in [0, 0.05) is 11.6 Å². The average molecular weight is 220 g/mol. The summed E-state index contributed by atoms with van der Waals surface area (Å²) in [5.74, 6) is 1.25. The molecular formula is C13H16O3. The molecule has 0 radical (unpaired) electrons. The molecule has 0 amide bonds. The van der Waals surface area contributed by atoms with Crippen molar-refractivity contribution >= 4 is 5.97 Å². The molecule has 1 aromatic carbocycles. The fraction of sp³-hybridized carbons (Fsp3) is 0.462. The molecule has 0 atom stereocenters. The molecule has 86 valence electrons. The topological polar surface area (TPSA) is 35.5 Å². The highest BCUT2D eigenvalue weighted by molar-refractivity contribution is 5.81. The lowest BCUT2D eigenvalue weighted by atomic mass is 10.1. The third-order valence-electron chi connectivity index (χ3n) is 2.61. The molecule has 0 saturated heterocycles. The lowest BCUT2D eigenvalue weighted by Crippen LogP contribution is -2.00. The third-order valence-corrected chi connectivity index (χ3v) is 2.61. The van der Waals surface area contributed by atoms with E-state index in [1.54, 1.807) is 6.07 Å². The van der Waals surface area contributed by atoms with Crippen molar-refractivity contribution in [2.24, 2.45) is 0 Å². The molecule has 2 rings (SSSR count). The Kier molecular flexibility index (Phi) is 3.44. The summed E-state index contributed by atoms with van der Waals surface area (Å²) in [7, 11) is 0. The number of rotatable bonds is 5. The first-order valence-electron chi connectivity index (χ1n) is 5.76. The fourth-order valence-electron chi connectivity index (χ4n) is 1.72. The van der Waals surface area contributed by atoms with Gasteiger partial charge in [0.05, 0.1) is 13.0 Å². The molecule has 0 bridgehead atoms. The zero-order valence-corrected chi connectivity index (χ0v) is 9.49. The Hall–Kier alpha value is -1.51. The van der Waals surface area contributed by atoms with Crippen molar-refractivity contribution in [2.45, 2.75) is 32.6 Å². The van der Waals surface area contributed by atoms with Gasteiger partial charge in [0.15, 0.2) is 0 Å². The van der Waals surface area contributed by atoms with Gasteiger partial charge in [0.25, 0.3) is 0 Å². The maximum atomic E-state index is 11.0. The van der Waals surface area contributed by atoms with Crippen LogP contribution in [0.4, 0.5) is 0 Å². The number of carbonyl (C=O) groups excluding carboxylic acids is 1. The van der Waals surface area contributed by atoms with Crippen LogP contribution >= 0.6 is 0 Å². The number of fused-ring (bicyclic) bond motifs is 1. The number of hydrogen-bond acceptors (Lipinski definition) is 3. The highest BCUT2D eigenvalue weighted by Gasteiger charge is 2.20. The molecule has 0 fully saturated rings. The smallest absolute Gasteiger partial charge is 0.315 e. The summed E-state index contributed by atoms with van der Waals surface area (Å²) < 4.78 is 10.6. The summed E-state index contributed by atoms with van der Waals surface area (Å²) in [5.41, 5.74) is 0.950. The number of esters is 1. The molecule has 0 saturated carbocycles. The summed E-state index contributed by atoms with van der Waals surface area (Å²) in [6.07, 6.45) is 3.81. The summed E-state index contributed by atoms with van der Waals surface area (Å²) in [5, 5.41) is 0. The van der Waals surface area contributed by atoms with Gasteiger partial charge in [0.2, 0.25) is 0 Å². The van der Waals surface area contributed by atoms with Crippen molar-refractivity contribution in [2.75, 3.05) is 6.61 Å². The van der Waals surface area contributed by atoms with E-state index in [9.17, 15) is 4.79 Å². The molecule has 3 heteroatoms. The molecule has 1 aliphatic heterocycles. The van der Waals surface area contributed by atoms with E-state index in [4.69, 9.17) is 9.47 Å². The van der Waals surface area contributed by atoms with Crippen LogP contribution in [-0.2, 0) is 11.2 Å². The van der Waals surface area contributed by atoms with E-state index in [2.05, 4.69) is 6.92 Å². The van der Waals surface area contributed by atoms with Crippen LogP contribution in [0.3, 0.4) is 0 Å². The SMILES string of the molecule is CCCCCOc1ccc2c(c1)OC(=O)C2. The van der Waals surface area contributed by atoms with E-state index in [1.165, 1.54) is 12.8 Å². The predicted molar refractivity (Wildman–Crippen MR) is 60.8 cm³/mol. The van der Waals surface area contributed by atoms with E-state index in [0.29, 0.717) is 12.2 Å². The highest BCUT2D eigenvalue weighted by atomic mass is 16.5. The molecular weight excluding hydrogens is 204 g/mol. The minimum absolute atomic E-state index is 0.182. The molecule has 0 aromatic heterocycles. The van der Waals surface area contributed by atoms with Crippen LogP contribution in [0.25, 0.3) is 0 Å². The van der Waals surface area contributed by atoms with Crippen LogP contribution in [0.15, 0.2) is 18.2 Å². The number of carbonyl (C=O) groups is 1. The standard InChI is InChI=1S/C13H16O3/c1-2-3-4-7-15-11-6-5-10-8-13(14)16-12(10)9-11/h5-6,9H,2-4,7-8H2,1H3. The second-order valence-corrected chi connectivity index (χ2v) is 3.98. The second-order valence-electron chi connectivity index (χ2n) is 3.98. The molecule has 0 unspecified atom stereocenters. The van der Waals surface area contributed by atoms with Gasteiger partial charge in [-0.05, 0) is 12.5 Å². The van der Waals surface area contributed by atoms with Crippen molar-refractivity contribution in [3.8, 4) is 11.5 Å². The Labute approximate surface area is 95.4 Å². The normalized spacial score (nSPS) is 13.4. The Bertz CT molecular complexity index is 385. The van der Waals surface area contributed by atoms with Gasteiger partial charge in [-0.3, -0.25) is 4.79 Å². The highest BCUT2D eigenvalue weighted by Crippen LogP contribution is 2.30. The molecule has 0 aliphatic carbocycles. The van der Waals surface area contributed by atoms with Gasteiger partial charge in [-0.2, -0.15) is 0 Å². The Morgan fingerprint density at radius 2 is 2.25 bits per heavy atom. The fourth-order valence-corrected chi connectivity index (χ4v) is 1.72. The van der Waals surface area contributed by atoms with E-state index >= 15 is 0 Å². The Balaban J connectivity index is 1.92. The minimum atomic E-state index is -0.182. The first-order valence-corrected chi connectivity index (χ1v) is 5.76. The molecule has 0 N–H and O–H groups in total. The van der Waals surface area contributed by atoms with Crippen LogP contribution in [-0.4, -0.2) is 12.6 Å². The molecule has 3 nitrogen and oxygen atoms in total. The van der Waals surface area contributed by atoms with Crippen LogP contribution in [0, 0.1) is 0 Å². The second kappa shape index (κ2) is 5.01. The zero-order chi connectivity index (χ0) is 11.4.